The van der Waals surface area contributed by atoms with Crippen LogP contribution in [0.4, 0.5) is 5.69 Å². The third-order valence-electron chi connectivity index (χ3n) is 8.51. The van der Waals surface area contributed by atoms with Crippen LogP contribution >= 0.6 is 0 Å². The third kappa shape index (κ3) is 11.3. The maximum atomic E-state index is 14.3. The highest BCUT2D eigenvalue weighted by Crippen LogP contribution is 2.29. The number of likely N-dealkylation sites (N-methyl/N-ethyl adjacent to an activating group) is 1. The van der Waals surface area contributed by atoms with Crippen molar-refractivity contribution in [2.75, 3.05) is 59.3 Å². The number of carbonyl (C=O) groups is 2. The normalized spacial score (nSPS) is 20.8. The fraction of sp³-hybridized carbons (Fsp3) is 0.600. The van der Waals surface area contributed by atoms with Gasteiger partial charge in [-0.15, -0.1) is 0 Å². The first kappa shape index (κ1) is 38.4. The Morgan fingerprint density at radius 3 is 2.47 bits per heavy atom. The summed E-state index contributed by atoms with van der Waals surface area (Å²) in [7, 11) is 1.68. The van der Waals surface area contributed by atoms with Crippen molar-refractivity contribution < 1.29 is 32.6 Å². The average Bonchev–Trinajstić information content (AvgIpc) is 3.02. The summed E-state index contributed by atoms with van der Waals surface area (Å²) in [6.45, 7) is 8.76. The van der Waals surface area contributed by atoms with E-state index in [2.05, 4.69) is 5.32 Å². The van der Waals surface area contributed by atoms with Gasteiger partial charge in [0.05, 0.1) is 35.3 Å². The monoisotopic (exact) mass is 674 g/mol. The average molecular weight is 675 g/mol. The topological polar surface area (TPSA) is 129 Å². The number of ether oxygens (including phenoxy) is 2. The standard InChI is InChI=1S/C35H54N4O7S/c1-25-13-16-30(17-14-25)47(43,44)38(7)23-33-26(2)22-39(27(3)24-40)35(42)31-21-29(36-34(41)12-10-19-37(5)6)15-18-32(31)46-28(4)11-8-9-20-45-33/h13-18,21,26-28,33,40H,8-12,19-20,22-24H2,1-7H3,(H,36,41)/t26-,27+,28+,33+/m0/s1. The van der Waals surface area contributed by atoms with Crippen molar-refractivity contribution >= 4 is 27.5 Å². The number of benzene rings is 2. The molecule has 0 spiro atoms. The Morgan fingerprint density at radius 1 is 1.11 bits per heavy atom. The lowest BCUT2D eigenvalue weighted by Gasteiger charge is -2.35. The minimum absolute atomic E-state index is 0.0903. The lowest BCUT2D eigenvalue weighted by Crippen LogP contribution is -2.48. The fourth-order valence-electron chi connectivity index (χ4n) is 5.48. The molecule has 3 rings (SSSR count). The highest BCUT2D eigenvalue weighted by molar-refractivity contribution is 7.89. The zero-order valence-electron chi connectivity index (χ0n) is 29.1. The van der Waals surface area contributed by atoms with E-state index in [0.717, 1.165) is 31.4 Å². The molecule has 0 radical (unpaired) electrons. The SMILES string of the molecule is Cc1ccc(S(=O)(=O)N(C)C[C@H]2OCCCC[C@@H](C)Oc3ccc(NC(=O)CCCN(C)C)cc3C(=O)N([C@H](C)CO)C[C@@H]2C)cc1. The summed E-state index contributed by atoms with van der Waals surface area (Å²) < 4.78 is 40.8. The van der Waals surface area contributed by atoms with Crippen molar-refractivity contribution in [1.82, 2.24) is 14.1 Å². The van der Waals surface area contributed by atoms with Crippen LogP contribution in [0.2, 0.25) is 0 Å². The van der Waals surface area contributed by atoms with E-state index >= 15 is 0 Å². The second kappa shape index (κ2) is 17.9. The predicted octanol–water partition coefficient (Wildman–Crippen LogP) is 4.39. The Morgan fingerprint density at radius 2 is 1.81 bits per heavy atom. The van der Waals surface area contributed by atoms with Crippen LogP contribution in [-0.2, 0) is 19.6 Å². The van der Waals surface area contributed by atoms with E-state index in [0.29, 0.717) is 30.9 Å². The molecule has 0 saturated carbocycles. The molecular weight excluding hydrogens is 620 g/mol. The minimum atomic E-state index is -3.78. The number of aryl methyl sites for hydroxylation is 1. The Hall–Kier alpha value is -3.03. The van der Waals surface area contributed by atoms with E-state index in [1.807, 2.05) is 39.8 Å². The van der Waals surface area contributed by atoms with Gasteiger partial charge in [0.1, 0.15) is 5.75 Å². The van der Waals surface area contributed by atoms with Crippen LogP contribution in [0.3, 0.4) is 0 Å². The van der Waals surface area contributed by atoms with Crippen LogP contribution in [0.5, 0.6) is 5.75 Å². The number of carbonyl (C=O) groups excluding carboxylic acids is 2. The first-order valence-electron chi connectivity index (χ1n) is 16.5. The summed E-state index contributed by atoms with van der Waals surface area (Å²) in [5, 5.41) is 13.1. The van der Waals surface area contributed by atoms with Gasteiger partial charge in [0.15, 0.2) is 0 Å². The van der Waals surface area contributed by atoms with Gasteiger partial charge >= 0.3 is 0 Å². The number of nitrogens with zero attached hydrogens (tertiary/aromatic N) is 3. The van der Waals surface area contributed by atoms with Crippen LogP contribution in [0, 0.1) is 12.8 Å². The second-order valence-electron chi connectivity index (χ2n) is 13.1. The van der Waals surface area contributed by atoms with Crippen molar-refractivity contribution in [2.24, 2.45) is 5.92 Å². The zero-order valence-corrected chi connectivity index (χ0v) is 29.9. The van der Waals surface area contributed by atoms with E-state index in [-0.39, 0.29) is 54.0 Å². The third-order valence-corrected chi connectivity index (χ3v) is 10.3. The van der Waals surface area contributed by atoms with Crippen molar-refractivity contribution in [1.29, 1.82) is 0 Å². The molecule has 0 fully saturated rings. The molecule has 12 heteroatoms. The van der Waals surface area contributed by atoms with Crippen LogP contribution in [0.1, 0.15) is 68.8 Å². The molecule has 0 bridgehead atoms. The van der Waals surface area contributed by atoms with Crippen molar-refractivity contribution in [3.8, 4) is 5.75 Å². The summed E-state index contributed by atoms with van der Waals surface area (Å²) in [4.78, 5) is 30.8. The Balaban J connectivity index is 1.92. The number of rotatable bonds is 11. The first-order chi connectivity index (χ1) is 22.2. The molecule has 11 nitrogen and oxygen atoms in total. The summed E-state index contributed by atoms with van der Waals surface area (Å²) in [5.41, 5.74) is 1.73. The van der Waals surface area contributed by atoms with Crippen molar-refractivity contribution in [2.45, 2.75) is 82.9 Å². The summed E-state index contributed by atoms with van der Waals surface area (Å²) in [6.07, 6.45) is 2.63. The Kier molecular flexibility index (Phi) is 14.7. The van der Waals surface area contributed by atoms with Crippen molar-refractivity contribution in [3.63, 3.8) is 0 Å². The van der Waals surface area contributed by atoms with Crippen LogP contribution < -0.4 is 10.1 Å². The maximum absolute atomic E-state index is 14.3. The molecule has 2 aromatic carbocycles. The van der Waals surface area contributed by atoms with E-state index in [1.165, 1.54) is 4.31 Å². The number of amides is 2. The van der Waals surface area contributed by atoms with Gasteiger partial charge < -0.3 is 29.7 Å². The highest BCUT2D eigenvalue weighted by Gasteiger charge is 2.32. The van der Waals surface area contributed by atoms with Crippen molar-refractivity contribution in [3.05, 3.63) is 53.6 Å². The lowest BCUT2D eigenvalue weighted by molar-refractivity contribution is -0.116. The zero-order chi connectivity index (χ0) is 34.7. The lowest BCUT2D eigenvalue weighted by atomic mass is 10.0. The number of hydrogen-bond acceptors (Lipinski definition) is 8. The molecule has 2 amide bonds. The van der Waals surface area contributed by atoms with Gasteiger partial charge in [-0.1, -0.05) is 24.6 Å². The molecule has 1 heterocycles. The predicted molar refractivity (Wildman–Crippen MR) is 184 cm³/mol. The number of hydrogen-bond donors (Lipinski definition) is 2. The Labute approximate surface area is 281 Å². The van der Waals surface area contributed by atoms with Crippen LogP contribution in [-0.4, -0.2) is 112 Å². The van der Waals surface area contributed by atoms with Gasteiger partial charge in [-0.25, -0.2) is 8.42 Å². The molecule has 0 unspecified atom stereocenters. The number of anilines is 1. The number of aliphatic hydroxyl groups is 1. The first-order valence-corrected chi connectivity index (χ1v) is 18.0. The second-order valence-corrected chi connectivity index (χ2v) is 15.1. The van der Waals surface area contributed by atoms with Crippen LogP contribution in [0.25, 0.3) is 0 Å². The molecule has 2 N–H and O–H groups in total. The molecule has 0 aromatic heterocycles. The number of nitrogens with one attached hydrogen (secondary N) is 1. The molecule has 47 heavy (non-hydrogen) atoms. The summed E-state index contributed by atoms with van der Waals surface area (Å²) in [6, 6.07) is 11.3. The van der Waals surface area contributed by atoms with Gasteiger partial charge in [-0.05, 0) is 97.4 Å². The number of fused-ring (bicyclic) bond motifs is 1. The molecule has 0 aliphatic carbocycles. The van der Waals surface area contributed by atoms with Gasteiger partial charge in [0, 0.05) is 44.8 Å². The summed E-state index contributed by atoms with van der Waals surface area (Å²) >= 11 is 0. The molecule has 262 valence electrons. The Bertz CT molecular complexity index is 1420. The molecule has 0 saturated heterocycles. The van der Waals surface area contributed by atoms with Gasteiger partial charge in [0.2, 0.25) is 15.9 Å². The van der Waals surface area contributed by atoms with Gasteiger partial charge in [-0.3, -0.25) is 9.59 Å². The van der Waals surface area contributed by atoms with E-state index in [4.69, 9.17) is 9.47 Å². The smallest absolute Gasteiger partial charge is 0.258 e. The van der Waals surface area contributed by atoms with E-state index in [9.17, 15) is 23.1 Å². The molecule has 4 atom stereocenters. The molecule has 2 aromatic rings. The fourth-order valence-corrected chi connectivity index (χ4v) is 6.67. The van der Waals surface area contributed by atoms with Crippen LogP contribution in [0.15, 0.2) is 47.4 Å². The molecule has 1 aliphatic rings. The number of sulfonamides is 1. The summed E-state index contributed by atoms with van der Waals surface area (Å²) in [5.74, 6) is -0.395. The van der Waals surface area contributed by atoms with Gasteiger partial charge in [-0.2, -0.15) is 4.31 Å². The molecule has 1 aliphatic heterocycles. The number of aliphatic hydroxyl groups excluding tert-OH is 1. The highest BCUT2D eigenvalue weighted by atomic mass is 32.2. The minimum Gasteiger partial charge on any atom is -0.490 e. The maximum Gasteiger partial charge on any atom is 0.258 e. The van der Waals surface area contributed by atoms with Gasteiger partial charge in [0.25, 0.3) is 5.91 Å². The largest absolute Gasteiger partial charge is 0.490 e. The van der Waals surface area contributed by atoms with E-state index in [1.54, 1.807) is 61.3 Å². The molecular formula is C35H54N4O7S. The quantitative estimate of drug-likeness (QED) is 0.359. The van der Waals surface area contributed by atoms with E-state index < -0.39 is 22.2 Å².